The fourth-order valence-corrected chi connectivity index (χ4v) is 1.91. The molecule has 1 atom stereocenters. The number of nitrogens with one attached hydrogen (secondary N) is 1. The number of rotatable bonds is 6. The third-order valence-corrected chi connectivity index (χ3v) is 2.67. The molecule has 1 unspecified atom stereocenters. The summed E-state index contributed by atoms with van der Waals surface area (Å²) in [6.45, 7) is 2.73. The van der Waals surface area contributed by atoms with Gasteiger partial charge in [-0.2, -0.15) is 0 Å². The van der Waals surface area contributed by atoms with E-state index >= 15 is 0 Å². The van der Waals surface area contributed by atoms with Crippen LogP contribution in [-0.4, -0.2) is 61.9 Å². The zero-order valence-electron chi connectivity index (χ0n) is 9.24. The number of hydrogen-bond acceptors (Lipinski definition) is 4. The predicted molar refractivity (Wildman–Crippen MR) is 56.6 cm³/mol. The van der Waals surface area contributed by atoms with Crippen molar-refractivity contribution in [3.8, 4) is 0 Å². The van der Waals surface area contributed by atoms with Crippen molar-refractivity contribution in [1.82, 2.24) is 10.2 Å². The Bertz CT molecular complexity index is 199. The summed E-state index contributed by atoms with van der Waals surface area (Å²) in [6, 6.07) is 0.00715. The quantitative estimate of drug-likeness (QED) is 0.571. The van der Waals surface area contributed by atoms with Crippen molar-refractivity contribution in [2.24, 2.45) is 0 Å². The van der Waals surface area contributed by atoms with Crippen LogP contribution < -0.4 is 5.32 Å². The second-order valence-electron chi connectivity index (χ2n) is 3.64. The van der Waals surface area contributed by atoms with E-state index < -0.39 is 0 Å². The first-order valence-corrected chi connectivity index (χ1v) is 5.44. The number of likely N-dealkylation sites (N-methyl/N-ethyl adjacent to an activating group) is 1. The second kappa shape index (κ2) is 6.76. The molecule has 0 spiro atoms. The van der Waals surface area contributed by atoms with Crippen LogP contribution in [0.4, 0.5) is 0 Å². The normalized spacial score (nSPS) is 21.9. The number of ether oxygens (including phenoxy) is 1. The summed E-state index contributed by atoms with van der Waals surface area (Å²) in [5.74, 6) is 0.0923. The molecule has 0 aromatic rings. The first-order chi connectivity index (χ1) is 7.29. The summed E-state index contributed by atoms with van der Waals surface area (Å²) in [6.07, 6.45) is 2.00. The van der Waals surface area contributed by atoms with Crippen molar-refractivity contribution in [1.29, 1.82) is 0 Å². The van der Waals surface area contributed by atoms with E-state index in [-0.39, 0.29) is 18.6 Å². The van der Waals surface area contributed by atoms with Gasteiger partial charge < -0.3 is 15.2 Å². The van der Waals surface area contributed by atoms with E-state index in [1.165, 1.54) is 0 Å². The third kappa shape index (κ3) is 3.77. The molecule has 5 nitrogen and oxygen atoms in total. The average Bonchev–Trinajstić information content (AvgIpc) is 2.71. The number of carbonyl (C=O) groups is 1. The summed E-state index contributed by atoms with van der Waals surface area (Å²) in [7, 11) is 1.67. The van der Waals surface area contributed by atoms with Gasteiger partial charge in [-0.3, -0.25) is 9.69 Å². The highest BCUT2D eigenvalue weighted by Gasteiger charge is 2.29. The van der Waals surface area contributed by atoms with E-state index in [1.807, 2.05) is 0 Å². The van der Waals surface area contributed by atoms with Gasteiger partial charge in [0.2, 0.25) is 5.91 Å². The van der Waals surface area contributed by atoms with Crippen LogP contribution in [0.3, 0.4) is 0 Å². The maximum absolute atomic E-state index is 11.5. The van der Waals surface area contributed by atoms with Crippen molar-refractivity contribution >= 4 is 5.91 Å². The van der Waals surface area contributed by atoms with Crippen LogP contribution in [-0.2, 0) is 9.53 Å². The summed E-state index contributed by atoms with van der Waals surface area (Å²) in [4.78, 5) is 13.6. The van der Waals surface area contributed by atoms with Crippen molar-refractivity contribution in [2.45, 2.75) is 18.9 Å². The largest absolute Gasteiger partial charge is 0.394 e. The zero-order chi connectivity index (χ0) is 11.1. The predicted octanol–water partition coefficient (Wildman–Crippen LogP) is -0.794. The van der Waals surface area contributed by atoms with E-state index in [2.05, 4.69) is 10.2 Å². The van der Waals surface area contributed by atoms with Crippen LogP contribution in [0, 0.1) is 0 Å². The molecule has 0 aromatic heterocycles. The van der Waals surface area contributed by atoms with Gasteiger partial charge in [0.25, 0.3) is 0 Å². The Morgan fingerprint density at radius 2 is 2.40 bits per heavy atom. The Labute approximate surface area is 90.4 Å². The lowest BCUT2D eigenvalue weighted by molar-refractivity contribution is -0.125. The first kappa shape index (κ1) is 12.4. The van der Waals surface area contributed by atoms with Gasteiger partial charge in [-0.15, -0.1) is 0 Å². The Kier molecular flexibility index (Phi) is 5.60. The van der Waals surface area contributed by atoms with E-state index in [1.54, 1.807) is 7.05 Å². The number of carbonyl (C=O) groups excluding carboxylic acids is 1. The molecule has 0 bridgehead atoms. The van der Waals surface area contributed by atoms with Gasteiger partial charge in [0, 0.05) is 13.6 Å². The van der Waals surface area contributed by atoms with Gasteiger partial charge in [0.05, 0.1) is 25.9 Å². The highest BCUT2D eigenvalue weighted by atomic mass is 16.5. The lowest BCUT2D eigenvalue weighted by Gasteiger charge is -2.22. The fourth-order valence-electron chi connectivity index (χ4n) is 1.91. The number of aliphatic hydroxyl groups is 1. The van der Waals surface area contributed by atoms with E-state index in [9.17, 15) is 4.79 Å². The Morgan fingerprint density at radius 3 is 3.07 bits per heavy atom. The average molecular weight is 216 g/mol. The van der Waals surface area contributed by atoms with Crippen LogP contribution in [0.2, 0.25) is 0 Å². The van der Waals surface area contributed by atoms with Crippen molar-refractivity contribution in [3.63, 3.8) is 0 Å². The lowest BCUT2D eigenvalue weighted by Crippen LogP contribution is -2.43. The van der Waals surface area contributed by atoms with Gasteiger partial charge in [-0.05, 0) is 19.4 Å². The Balaban J connectivity index is 2.24. The molecule has 1 heterocycles. The minimum absolute atomic E-state index is 0.00715. The summed E-state index contributed by atoms with van der Waals surface area (Å²) in [5, 5.41) is 11.2. The maximum atomic E-state index is 11.5. The molecule has 2 N–H and O–H groups in total. The molecule has 1 aliphatic rings. The minimum Gasteiger partial charge on any atom is -0.394 e. The van der Waals surface area contributed by atoms with Crippen LogP contribution in [0.25, 0.3) is 0 Å². The van der Waals surface area contributed by atoms with Gasteiger partial charge in [-0.1, -0.05) is 0 Å². The highest BCUT2D eigenvalue weighted by Crippen LogP contribution is 2.16. The Morgan fingerprint density at radius 1 is 1.60 bits per heavy atom. The molecule has 15 heavy (non-hydrogen) atoms. The van der Waals surface area contributed by atoms with E-state index in [0.29, 0.717) is 13.2 Å². The molecule has 0 aliphatic carbocycles. The highest BCUT2D eigenvalue weighted by molar-refractivity contribution is 5.81. The van der Waals surface area contributed by atoms with E-state index in [4.69, 9.17) is 9.84 Å². The van der Waals surface area contributed by atoms with Crippen molar-refractivity contribution in [2.75, 3.05) is 40.0 Å². The van der Waals surface area contributed by atoms with Crippen LogP contribution in [0.1, 0.15) is 12.8 Å². The molecular weight excluding hydrogens is 196 g/mol. The van der Waals surface area contributed by atoms with Gasteiger partial charge in [-0.25, -0.2) is 0 Å². The molecule has 88 valence electrons. The van der Waals surface area contributed by atoms with Crippen LogP contribution in [0.5, 0.6) is 0 Å². The summed E-state index contributed by atoms with van der Waals surface area (Å²) < 4.78 is 5.18. The molecule has 0 aromatic carbocycles. The van der Waals surface area contributed by atoms with Crippen LogP contribution >= 0.6 is 0 Å². The monoisotopic (exact) mass is 216 g/mol. The van der Waals surface area contributed by atoms with Gasteiger partial charge in [0.15, 0.2) is 0 Å². The smallest absolute Gasteiger partial charge is 0.237 e. The lowest BCUT2D eigenvalue weighted by atomic mass is 10.2. The number of amides is 1. The third-order valence-electron chi connectivity index (χ3n) is 2.67. The number of likely N-dealkylation sites (tertiary alicyclic amines) is 1. The molecule has 1 amide bonds. The molecule has 1 aliphatic heterocycles. The topological polar surface area (TPSA) is 61.8 Å². The molecule has 1 fully saturated rings. The van der Waals surface area contributed by atoms with Crippen molar-refractivity contribution in [3.05, 3.63) is 0 Å². The molecule has 0 radical (unpaired) electrons. The van der Waals surface area contributed by atoms with Gasteiger partial charge >= 0.3 is 0 Å². The fraction of sp³-hybridized carbons (Fsp3) is 0.900. The molecular formula is C10H20N2O3. The molecule has 0 saturated carbocycles. The minimum atomic E-state index is 0.00715. The standard InChI is InChI=1S/C10H20N2O3/c1-11-10(14)9-3-2-4-12(9)5-7-15-8-6-13/h9,13H,2-8H2,1H3,(H,11,14). The summed E-state index contributed by atoms with van der Waals surface area (Å²) in [5.41, 5.74) is 0. The maximum Gasteiger partial charge on any atom is 0.237 e. The zero-order valence-corrected chi connectivity index (χ0v) is 9.24. The van der Waals surface area contributed by atoms with E-state index in [0.717, 1.165) is 25.9 Å². The molecule has 5 heteroatoms. The van der Waals surface area contributed by atoms with Gasteiger partial charge in [0.1, 0.15) is 0 Å². The number of aliphatic hydroxyl groups excluding tert-OH is 1. The van der Waals surface area contributed by atoms with Crippen LogP contribution in [0.15, 0.2) is 0 Å². The second-order valence-corrected chi connectivity index (χ2v) is 3.64. The Hall–Kier alpha value is -0.650. The number of hydrogen-bond donors (Lipinski definition) is 2. The van der Waals surface area contributed by atoms with Crippen molar-refractivity contribution < 1.29 is 14.6 Å². The number of nitrogens with zero attached hydrogens (tertiary/aromatic N) is 1. The summed E-state index contributed by atoms with van der Waals surface area (Å²) >= 11 is 0. The molecule has 1 rings (SSSR count). The SMILES string of the molecule is CNC(=O)C1CCCN1CCOCCO. The molecule has 1 saturated heterocycles. The first-order valence-electron chi connectivity index (χ1n) is 5.44.